The number of nitrogens with two attached hydrogens (primary N) is 1. The number of nitrogens with zero attached hydrogens (tertiary/aromatic N) is 2. The summed E-state index contributed by atoms with van der Waals surface area (Å²) in [6, 6.07) is 0. The average Bonchev–Trinajstić information content (AvgIpc) is 2.02. The Labute approximate surface area is 75.4 Å². The zero-order valence-electron chi connectivity index (χ0n) is 7.29. The van der Waals surface area contributed by atoms with Gasteiger partial charge in [-0.2, -0.15) is 0 Å². The van der Waals surface area contributed by atoms with Gasteiger partial charge in [-0.05, 0) is 6.92 Å². The first-order valence-electron chi connectivity index (χ1n) is 3.83. The van der Waals surface area contributed by atoms with E-state index in [1.807, 2.05) is 0 Å². The lowest BCUT2D eigenvalue weighted by molar-refractivity contribution is 0.952. The van der Waals surface area contributed by atoms with Crippen molar-refractivity contribution in [3.8, 4) is 0 Å². The number of aryl methyl sites for hydroxylation is 1. The van der Waals surface area contributed by atoms with Crippen molar-refractivity contribution in [2.24, 2.45) is 0 Å². The highest BCUT2D eigenvalue weighted by Gasteiger charge is 2.07. The third kappa shape index (κ3) is 2.06. The quantitative estimate of drug-likeness (QED) is 0.631. The minimum absolute atomic E-state index is 0.120. The van der Waals surface area contributed by atoms with Crippen LogP contribution in [-0.4, -0.2) is 16.5 Å². The molecule has 1 aromatic rings. The van der Waals surface area contributed by atoms with Crippen LogP contribution in [0.25, 0.3) is 4.85 Å². The highest BCUT2D eigenvalue weighted by molar-refractivity contribution is 5.24. The van der Waals surface area contributed by atoms with Crippen molar-refractivity contribution in [2.45, 2.75) is 13.3 Å². The third-order valence-corrected chi connectivity index (χ3v) is 1.71. The molecule has 0 aromatic carbocycles. The molecule has 0 saturated carbocycles. The molecule has 0 aliphatic carbocycles. The number of hydrogen-bond donors (Lipinski definition) is 2. The summed E-state index contributed by atoms with van der Waals surface area (Å²) >= 11 is 0. The Morgan fingerprint density at radius 1 is 1.69 bits per heavy atom. The number of anilines is 1. The van der Waals surface area contributed by atoms with Crippen LogP contribution in [0.4, 0.5) is 5.95 Å². The van der Waals surface area contributed by atoms with Crippen LogP contribution in [0.2, 0.25) is 0 Å². The lowest BCUT2D eigenvalue weighted by Crippen LogP contribution is -2.18. The first-order chi connectivity index (χ1) is 6.15. The molecule has 0 aliphatic heterocycles. The van der Waals surface area contributed by atoms with Gasteiger partial charge >= 0.3 is 0 Å². The molecule has 0 aliphatic rings. The van der Waals surface area contributed by atoms with Crippen LogP contribution in [-0.2, 0) is 6.42 Å². The molecule has 0 radical (unpaired) electrons. The highest BCUT2D eigenvalue weighted by Crippen LogP contribution is 2.00. The van der Waals surface area contributed by atoms with E-state index in [9.17, 15) is 4.79 Å². The van der Waals surface area contributed by atoms with Gasteiger partial charge in [0.15, 0.2) is 0 Å². The summed E-state index contributed by atoms with van der Waals surface area (Å²) < 4.78 is 0. The SMILES string of the molecule is [C-]#[N+]CCc1c(C)nc(N)[nH]c1=O. The predicted octanol–water partition coefficient (Wildman–Crippen LogP) is 0.122. The van der Waals surface area contributed by atoms with Gasteiger partial charge in [0.25, 0.3) is 5.56 Å². The van der Waals surface area contributed by atoms with Gasteiger partial charge < -0.3 is 10.6 Å². The summed E-state index contributed by atoms with van der Waals surface area (Å²) in [6.07, 6.45) is 0.429. The maximum Gasteiger partial charge on any atom is 0.255 e. The minimum Gasteiger partial charge on any atom is -0.369 e. The number of H-pyrrole nitrogens is 1. The molecule has 0 saturated heterocycles. The number of hydrogen-bond acceptors (Lipinski definition) is 3. The van der Waals surface area contributed by atoms with Crippen molar-refractivity contribution >= 4 is 5.95 Å². The molecule has 1 heterocycles. The molecule has 0 unspecified atom stereocenters. The van der Waals surface area contributed by atoms with E-state index in [0.717, 1.165) is 0 Å². The van der Waals surface area contributed by atoms with E-state index in [0.29, 0.717) is 24.2 Å². The van der Waals surface area contributed by atoms with Crippen molar-refractivity contribution < 1.29 is 0 Å². The molecule has 0 bridgehead atoms. The first kappa shape index (κ1) is 9.26. The fourth-order valence-electron chi connectivity index (χ4n) is 1.09. The third-order valence-electron chi connectivity index (χ3n) is 1.71. The molecular weight excluding hydrogens is 168 g/mol. The highest BCUT2D eigenvalue weighted by atomic mass is 16.1. The van der Waals surface area contributed by atoms with Gasteiger partial charge in [-0.15, -0.1) is 0 Å². The molecule has 1 aromatic heterocycles. The van der Waals surface area contributed by atoms with Gasteiger partial charge in [0.1, 0.15) is 0 Å². The van der Waals surface area contributed by atoms with Crippen molar-refractivity contribution in [1.82, 2.24) is 9.97 Å². The van der Waals surface area contributed by atoms with Gasteiger partial charge in [0.05, 0.1) is 12.1 Å². The minimum atomic E-state index is -0.242. The average molecular weight is 178 g/mol. The van der Waals surface area contributed by atoms with Crippen molar-refractivity contribution in [2.75, 3.05) is 12.3 Å². The van der Waals surface area contributed by atoms with Crippen LogP contribution < -0.4 is 11.3 Å². The smallest absolute Gasteiger partial charge is 0.255 e. The van der Waals surface area contributed by atoms with Crippen LogP contribution in [0, 0.1) is 13.5 Å². The molecule has 68 valence electrons. The van der Waals surface area contributed by atoms with E-state index in [4.69, 9.17) is 12.3 Å². The van der Waals surface area contributed by atoms with Gasteiger partial charge in [-0.1, -0.05) is 0 Å². The maximum atomic E-state index is 11.3. The van der Waals surface area contributed by atoms with Crippen LogP contribution in [0.15, 0.2) is 4.79 Å². The second kappa shape index (κ2) is 3.72. The van der Waals surface area contributed by atoms with E-state index in [1.54, 1.807) is 6.92 Å². The zero-order valence-corrected chi connectivity index (χ0v) is 7.29. The van der Waals surface area contributed by atoms with Crippen LogP contribution in [0.1, 0.15) is 11.3 Å². The summed E-state index contributed by atoms with van der Waals surface area (Å²) in [4.78, 5) is 20.8. The molecule has 5 nitrogen and oxygen atoms in total. The van der Waals surface area contributed by atoms with E-state index in [-0.39, 0.29) is 11.5 Å². The Morgan fingerprint density at radius 3 is 2.92 bits per heavy atom. The number of nitrogen functional groups attached to an aromatic ring is 1. The molecular formula is C8H10N4O. The van der Waals surface area contributed by atoms with Crippen molar-refractivity contribution in [3.05, 3.63) is 33.0 Å². The topological polar surface area (TPSA) is 76.1 Å². The molecule has 0 fully saturated rings. The summed E-state index contributed by atoms with van der Waals surface area (Å²) in [7, 11) is 0. The summed E-state index contributed by atoms with van der Waals surface area (Å²) in [5.41, 5.74) is 6.24. The molecule has 3 N–H and O–H groups in total. The number of rotatable bonds is 2. The van der Waals surface area contributed by atoms with Crippen LogP contribution in [0.5, 0.6) is 0 Å². The Morgan fingerprint density at radius 2 is 2.38 bits per heavy atom. The fraction of sp³-hybridized carbons (Fsp3) is 0.375. The largest absolute Gasteiger partial charge is 0.369 e. The lowest BCUT2D eigenvalue weighted by Gasteiger charge is -2.00. The maximum absolute atomic E-state index is 11.3. The molecule has 5 heteroatoms. The molecule has 0 atom stereocenters. The normalized spacial score (nSPS) is 9.54. The van der Waals surface area contributed by atoms with E-state index in [2.05, 4.69) is 14.8 Å². The second-order valence-corrected chi connectivity index (χ2v) is 2.65. The van der Waals surface area contributed by atoms with Gasteiger partial charge in [-0.3, -0.25) is 9.78 Å². The molecule has 13 heavy (non-hydrogen) atoms. The van der Waals surface area contributed by atoms with E-state index in [1.165, 1.54) is 0 Å². The monoisotopic (exact) mass is 178 g/mol. The van der Waals surface area contributed by atoms with Gasteiger partial charge in [0, 0.05) is 5.56 Å². The predicted molar refractivity (Wildman–Crippen MR) is 49.2 cm³/mol. The van der Waals surface area contributed by atoms with E-state index >= 15 is 0 Å². The Balaban J connectivity index is 3.08. The van der Waals surface area contributed by atoms with Crippen molar-refractivity contribution in [3.63, 3.8) is 0 Å². The molecule has 0 amide bonds. The standard InChI is InChI=1S/C8H10N4O/c1-5-6(3-4-10-2)7(13)12-8(9)11-5/h3-4H2,1H3,(H3,9,11,12,13). The molecule has 1 rings (SSSR count). The first-order valence-corrected chi connectivity index (χ1v) is 3.83. The number of aromatic nitrogens is 2. The zero-order chi connectivity index (χ0) is 9.84. The summed E-state index contributed by atoms with van der Waals surface area (Å²) in [5.74, 6) is 0.120. The van der Waals surface area contributed by atoms with Crippen LogP contribution in [0.3, 0.4) is 0 Å². The van der Waals surface area contributed by atoms with E-state index < -0.39 is 0 Å². The lowest BCUT2D eigenvalue weighted by atomic mass is 10.2. The Bertz CT molecular complexity index is 402. The number of nitrogens with one attached hydrogen (secondary N) is 1. The van der Waals surface area contributed by atoms with Crippen LogP contribution >= 0.6 is 0 Å². The summed E-state index contributed by atoms with van der Waals surface area (Å²) in [6.45, 7) is 8.62. The van der Waals surface area contributed by atoms with Crippen molar-refractivity contribution in [1.29, 1.82) is 0 Å². The number of aromatic amines is 1. The Hall–Kier alpha value is -1.83. The second-order valence-electron chi connectivity index (χ2n) is 2.65. The Kier molecular flexibility index (Phi) is 2.65. The summed E-state index contributed by atoms with van der Waals surface area (Å²) in [5, 5.41) is 0. The molecule has 0 spiro atoms. The van der Waals surface area contributed by atoms with Gasteiger partial charge in [-0.25, -0.2) is 11.6 Å². The van der Waals surface area contributed by atoms with Gasteiger partial charge in [0.2, 0.25) is 12.5 Å². The fourth-order valence-corrected chi connectivity index (χ4v) is 1.09.